The highest BCUT2D eigenvalue weighted by atomic mass is 79.9. The molecule has 2 rings (SSSR count). The molecule has 0 bridgehead atoms. The van der Waals surface area contributed by atoms with E-state index < -0.39 is 0 Å². The van der Waals surface area contributed by atoms with Crippen LogP contribution in [0.3, 0.4) is 0 Å². The molecule has 2 unspecified atom stereocenters. The van der Waals surface area contributed by atoms with Crippen LogP contribution in [0.5, 0.6) is 0 Å². The largest absolute Gasteiger partial charge is 0.307 e. The second kappa shape index (κ2) is 5.75. The first kappa shape index (κ1) is 14.1. The summed E-state index contributed by atoms with van der Waals surface area (Å²) < 4.78 is 1.16. The molecule has 18 heavy (non-hydrogen) atoms. The molecule has 0 amide bonds. The van der Waals surface area contributed by atoms with Crippen LogP contribution in [0.15, 0.2) is 28.7 Å². The van der Waals surface area contributed by atoms with Gasteiger partial charge in [0.1, 0.15) is 0 Å². The molecule has 1 N–H and O–H groups in total. The standard InChI is InChI=1S/C16H24BrN/c1-12(13-7-6-8-14(17)11-13)18-15-9-4-5-10-16(15,2)3/h6-8,11-12,15,18H,4-5,9-10H2,1-3H3. The monoisotopic (exact) mass is 309 g/mol. The maximum atomic E-state index is 3.83. The van der Waals surface area contributed by atoms with Crippen LogP contribution in [0, 0.1) is 5.41 Å². The maximum absolute atomic E-state index is 3.83. The van der Waals surface area contributed by atoms with Gasteiger partial charge in [-0.05, 0) is 42.9 Å². The molecule has 0 radical (unpaired) electrons. The summed E-state index contributed by atoms with van der Waals surface area (Å²) in [5, 5.41) is 3.83. The molecule has 2 heteroatoms. The van der Waals surface area contributed by atoms with Crippen LogP contribution in [0.2, 0.25) is 0 Å². The highest BCUT2D eigenvalue weighted by Gasteiger charge is 2.32. The third-order valence-corrected chi connectivity index (χ3v) is 4.80. The molecule has 1 aromatic rings. The minimum atomic E-state index is 0.421. The first-order valence-electron chi connectivity index (χ1n) is 7.00. The summed E-state index contributed by atoms with van der Waals surface area (Å²) in [5.41, 5.74) is 1.80. The van der Waals surface area contributed by atoms with Gasteiger partial charge in [0.15, 0.2) is 0 Å². The summed E-state index contributed by atoms with van der Waals surface area (Å²) in [6, 6.07) is 9.68. The molecular weight excluding hydrogens is 286 g/mol. The van der Waals surface area contributed by atoms with Crippen LogP contribution in [-0.4, -0.2) is 6.04 Å². The Morgan fingerprint density at radius 2 is 2.11 bits per heavy atom. The van der Waals surface area contributed by atoms with Crippen LogP contribution in [0.25, 0.3) is 0 Å². The molecule has 0 spiro atoms. The molecule has 0 saturated heterocycles. The molecule has 1 fully saturated rings. The summed E-state index contributed by atoms with van der Waals surface area (Å²) in [7, 11) is 0. The predicted octanol–water partition coefficient (Wildman–Crippen LogP) is 5.07. The van der Waals surface area contributed by atoms with Gasteiger partial charge in [0.2, 0.25) is 0 Å². The highest BCUT2D eigenvalue weighted by Crippen LogP contribution is 2.36. The van der Waals surface area contributed by atoms with Crippen molar-refractivity contribution in [3.05, 3.63) is 34.3 Å². The molecule has 1 aliphatic rings. The molecule has 2 atom stereocenters. The minimum Gasteiger partial charge on any atom is -0.307 e. The summed E-state index contributed by atoms with van der Waals surface area (Å²) in [6.45, 7) is 7.07. The normalized spacial score (nSPS) is 24.8. The zero-order chi connectivity index (χ0) is 13.2. The zero-order valence-corrected chi connectivity index (χ0v) is 13.3. The van der Waals surface area contributed by atoms with E-state index in [0.717, 1.165) is 4.47 Å². The van der Waals surface area contributed by atoms with E-state index in [2.05, 4.69) is 66.3 Å². The van der Waals surface area contributed by atoms with Crippen molar-refractivity contribution in [2.24, 2.45) is 5.41 Å². The second-order valence-corrected chi connectivity index (χ2v) is 7.15. The molecule has 0 heterocycles. The molecule has 100 valence electrons. The van der Waals surface area contributed by atoms with Gasteiger partial charge in [-0.3, -0.25) is 0 Å². The topological polar surface area (TPSA) is 12.0 Å². The minimum absolute atomic E-state index is 0.421. The number of rotatable bonds is 3. The molecule has 1 saturated carbocycles. The van der Waals surface area contributed by atoms with Gasteiger partial charge in [0.05, 0.1) is 0 Å². The van der Waals surface area contributed by atoms with Crippen molar-refractivity contribution >= 4 is 15.9 Å². The second-order valence-electron chi connectivity index (χ2n) is 6.23. The van der Waals surface area contributed by atoms with E-state index in [9.17, 15) is 0 Å². The fraction of sp³-hybridized carbons (Fsp3) is 0.625. The number of benzene rings is 1. The smallest absolute Gasteiger partial charge is 0.0294 e. The van der Waals surface area contributed by atoms with E-state index in [1.54, 1.807) is 0 Å². The van der Waals surface area contributed by atoms with E-state index in [-0.39, 0.29) is 0 Å². The van der Waals surface area contributed by atoms with Crippen molar-refractivity contribution < 1.29 is 0 Å². The predicted molar refractivity (Wildman–Crippen MR) is 81.7 cm³/mol. The molecule has 1 nitrogen and oxygen atoms in total. The van der Waals surface area contributed by atoms with Crippen molar-refractivity contribution in [3.8, 4) is 0 Å². The first-order chi connectivity index (χ1) is 8.49. The van der Waals surface area contributed by atoms with Crippen LogP contribution >= 0.6 is 15.9 Å². The van der Waals surface area contributed by atoms with Gasteiger partial charge < -0.3 is 5.32 Å². The van der Waals surface area contributed by atoms with Gasteiger partial charge >= 0.3 is 0 Å². The highest BCUT2D eigenvalue weighted by molar-refractivity contribution is 9.10. The van der Waals surface area contributed by atoms with Crippen molar-refractivity contribution in [1.29, 1.82) is 0 Å². The Morgan fingerprint density at radius 3 is 2.78 bits per heavy atom. The quantitative estimate of drug-likeness (QED) is 0.822. The Kier molecular flexibility index (Phi) is 4.50. The van der Waals surface area contributed by atoms with Crippen LogP contribution in [0.4, 0.5) is 0 Å². The van der Waals surface area contributed by atoms with E-state index in [0.29, 0.717) is 17.5 Å². The van der Waals surface area contributed by atoms with E-state index in [4.69, 9.17) is 0 Å². The van der Waals surface area contributed by atoms with Gasteiger partial charge in [-0.25, -0.2) is 0 Å². The molecular formula is C16H24BrN. The lowest BCUT2D eigenvalue weighted by Crippen LogP contribution is -2.45. The van der Waals surface area contributed by atoms with Crippen molar-refractivity contribution in [3.63, 3.8) is 0 Å². The van der Waals surface area contributed by atoms with E-state index >= 15 is 0 Å². The Morgan fingerprint density at radius 1 is 1.33 bits per heavy atom. The van der Waals surface area contributed by atoms with E-state index in [1.807, 2.05) is 0 Å². The summed E-state index contributed by atoms with van der Waals surface area (Å²) in [6.07, 6.45) is 5.41. The summed E-state index contributed by atoms with van der Waals surface area (Å²) in [5.74, 6) is 0. The molecule has 0 aromatic heterocycles. The first-order valence-corrected chi connectivity index (χ1v) is 7.80. The van der Waals surface area contributed by atoms with Crippen molar-refractivity contribution in [1.82, 2.24) is 5.32 Å². The van der Waals surface area contributed by atoms with Gasteiger partial charge in [-0.2, -0.15) is 0 Å². The van der Waals surface area contributed by atoms with Crippen molar-refractivity contribution in [2.75, 3.05) is 0 Å². The van der Waals surface area contributed by atoms with Crippen LogP contribution in [0.1, 0.15) is 58.1 Å². The third kappa shape index (κ3) is 3.36. The number of nitrogens with one attached hydrogen (secondary N) is 1. The van der Waals surface area contributed by atoms with Gasteiger partial charge in [0, 0.05) is 16.6 Å². The fourth-order valence-corrected chi connectivity index (χ4v) is 3.39. The number of hydrogen-bond acceptors (Lipinski definition) is 1. The van der Waals surface area contributed by atoms with Crippen molar-refractivity contribution in [2.45, 2.75) is 58.5 Å². The van der Waals surface area contributed by atoms with Gasteiger partial charge in [0.25, 0.3) is 0 Å². The number of hydrogen-bond donors (Lipinski definition) is 1. The fourth-order valence-electron chi connectivity index (χ4n) is 2.98. The zero-order valence-electron chi connectivity index (χ0n) is 11.7. The van der Waals surface area contributed by atoms with Gasteiger partial charge in [-0.15, -0.1) is 0 Å². The van der Waals surface area contributed by atoms with Gasteiger partial charge in [-0.1, -0.05) is 54.8 Å². The lowest BCUT2D eigenvalue weighted by Gasteiger charge is -2.41. The van der Waals surface area contributed by atoms with Crippen LogP contribution < -0.4 is 5.32 Å². The average molecular weight is 310 g/mol. The van der Waals surface area contributed by atoms with Crippen LogP contribution in [-0.2, 0) is 0 Å². The lowest BCUT2D eigenvalue weighted by molar-refractivity contribution is 0.157. The number of halogens is 1. The average Bonchev–Trinajstić information content (AvgIpc) is 2.31. The Hall–Kier alpha value is -0.340. The summed E-state index contributed by atoms with van der Waals surface area (Å²) >= 11 is 3.55. The maximum Gasteiger partial charge on any atom is 0.0294 e. The summed E-state index contributed by atoms with van der Waals surface area (Å²) in [4.78, 5) is 0. The SMILES string of the molecule is CC(NC1CCCCC1(C)C)c1cccc(Br)c1. The molecule has 1 aromatic carbocycles. The Bertz CT molecular complexity index is 400. The molecule has 0 aliphatic heterocycles. The lowest BCUT2D eigenvalue weighted by atomic mass is 9.73. The van der Waals surface area contributed by atoms with E-state index in [1.165, 1.54) is 31.2 Å². The Labute approximate surface area is 119 Å². The Balaban J connectivity index is 2.04. The molecule has 1 aliphatic carbocycles. The third-order valence-electron chi connectivity index (χ3n) is 4.31.